The smallest absolute Gasteiger partial charge is 0.354 e. The van der Waals surface area contributed by atoms with E-state index < -0.39 is 5.97 Å². The molecule has 86 valence electrons. The maximum Gasteiger partial charge on any atom is 0.354 e. The van der Waals surface area contributed by atoms with Crippen LogP contribution in [-0.4, -0.2) is 16.1 Å². The van der Waals surface area contributed by atoms with E-state index in [0.29, 0.717) is 5.56 Å². The second kappa shape index (κ2) is 4.33. The van der Waals surface area contributed by atoms with Crippen LogP contribution in [0.2, 0.25) is 0 Å². The van der Waals surface area contributed by atoms with Gasteiger partial charge in [0.05, 0.1) is 0 Å². The van der Waals surface area contributed by atoms with Crippen molar-refractivity contribution in [3.8, 4) is 11.1 Å². The number of nitrogens with zero attached hydrogens (tertiary/aromatic N) is 1. The molecular formula is C13H10FNO2. The summed E-state index contributed by atoms with van der Waals surface area (Å²) in [4.78, 5) is 14.5. The van der Waals surface area contributed by atoms with Gasteiger partial charge in [-0.2, -0.15) is 0 Å². The normalized spacial score (nSPS) is 10.2. The molecule has 0 amide bonds. The Labute approximate surface area is 97.6 Å². The topological polar surface area (TPSA) is 50.2 Å². The van der Waals surface area contributed by atoms with Crippen LogP contribution >= 0.6 is 0 Å². The van der Waals surface area contributed by atoms with Crippen molar-refractivity contribution in [2.75, 3.05) is 0 Å². The second-order valence-corrected chi connectivity index (χ2v) is 3.70. The van der Waals surface area contributed by atoms with Gasteiger partial charge in [0.2, 0.25) is 0 Å². The Bertz CT molecular complexity index is 564. The Balaban J connectivity index is 2.46. The van der Waals surface area contributed by atoms with E-state index in [9.17, 15) is 9.18 Å². The molecule has 0 spiro atoms. The van der Waals surface area contributed by atoms with Crippen LogP contribution in [-0.2, 0) is 0 Å². The number of benzene rings is 1. The standard InChI is InChI=1S/C13H10FNO2/c1-8-2-4-10(14)6-11(8)9-3-5-12(13(16)17)15-7-9/h2-7H,1H3,(H,16,17). The quantitative estimate of drug-likeness (QED) is 0.864. The monoisotopic (exact) mass is 231 g/mol. The fourth-order valence-electron chi connectivity index (χ4n) is 1.58. The zero-order valence-electron chi connectivity index (χ0n) is 9.14. The summed E-state index contributed by atoms with van der Waals surface area (Å²) in [5, 5.41) is 8.72. The number of halogens is 1. The van der Waals surface area contributed by atoms with Crippen molar-refractivity contribution < 1.29 is 14.3 Å². The number of hydrogen-bond donors (Lipinski definition) is 1. The molecule has 3 nitrogen and oxygen atoms in total. The summed E-state index contributed by atoms with van der Waals surface area (Å²) in [5.74, 6) is -1.40. The third-order valence-electron chi connectivity index (χ3n) is 2.49. The molecule has 4 heteroatoms. The van der Waals surface area contributed by atoms with E-state index >= 15 is 0 Å². The molecule has 0 aliphatic heterocycles. The van der Waals surface area contributed by atoms with Gasteiger partial charge in [-0.15, -0.1) is 0 Å². The summed E-state index contributed by atoms with van der Waals surface area (Å²) in [6.07, 6.45) is 1.44. The summed E-state index contributed by atoms with van der Waals surface area (Å²) >= 11 is 0. The van der Waals surface area contributed by atoms with Gasteiger partial charge >= 0.3 is 5.97 Å². The van der Waals surface area contributed by atoms with Crippen LogP contribution in [0.25, 0.3) is 11.1 Å². The molecule has 0 radical (unpaired) electrons. The number of carboxylic acid groups (broad SMARTS) is 1. The molecule has 2 aromatic rings. The van der Waals surface area contributed by atoms with Crippen LogP contribution in [0, 0.1) is 12.7 Å². The van der Waals surface area contributed by atoms with Crippen molar-refractivity contribution in [3.05, 3.63) is 53.6 Å². The fraction of sp³-hybridized carbons (Fsp3) is 0.0769. The highest BCUT2D eigenvalue weighted by molar-refractivity contribution is 5.85. The lowest BCUT2D eigenvalue weighted by atomic mass is 10.0. The third-order valence-corrected chi connectivity index (χ3v) is 2.49. The minimum Gasteiger partial charge on any atom is -0.477 e. The van der Waals surface area contributed by atoms with E-state index in [2.05, 4.69) is 4.98 Å². The van der Waals surface area contributed by atoms with Gasteiger partial charge in [0.1, 0.15) is 11.5 Å². The molecule has 0 unspecified atom stereocenters. The second-order valence-electron chi connectivity index (χ2n) is 3.70. The predicted molar refractivity (Wildman–Crippen MR) is 61.3 cm³/mol. The summed E-state index contributed by atoms with van der Waals surface area (Å²) in [7, 11) is 0. The van der Waals surface area contributed by atoms with Gasteiger partial charge < -0.3 is 5.11 Å². The Morgan fingerprint density at radius 3 is 2.65 bits per heavy atom. The van der Waals surface area contributed by atoms with Crippen molar-refractivity contribution in [1.82, 2.24) is 4.98 Å². The zero-order valence-corrected chi connectivity index (χ0v) is 9.14. The van der Waals surface area contributed by atoms with E-state index in [1.165, 1.54) is 24.4 Å². The first-order chi connectivity index (χ1) is 8.08. The van der Waals surface area contributed by atoms with Gasteiger partial charge in [-0.05, 0) is 36.2 Å². The van der Waals surface area contributed by atoms with E-state index in [-0.39, 0.29) is 11.5 Å². The highest BCUT2D eigenvalue weighted by atomic mass is 19.1. The molecular weight excluding hydrogens is 221 g/mol. The number of rotatable bonds is 2. The minimum atomic E-state index is -1.08. The van der Waals surface area contributed by atoms with Crippen molar-refractivity contribution in [1.29, 1.82) is 0 Å². The summed E-state index contributed by atoms with van der Waals surface area (Å²) in [6, 6.07) is 7.50. The van der Waals surface area contributed by atoms with Crippen LogP contribution in [0.5, 0.6) is 0 Å². The van der Waals surface area contributed by atoms with Gasteiger partial charge in [-0.3, -0.25) is 0 Å². The molecule has 1 aromatic heterocycles. The Morgan fingerprint density at radius 2 is 2.06 bits per heavy atom. The Kier molecular flexibility index (Phi) is 2.87. The van der Waals surface area contributed by atoms with E-state index in [0.717, 1.165) is 11.1 Å². The fourth-order valence-corrected chi connectivity index (χ4v) is 1.58. The molecule has 0 bridgehead atoms. The van der Waals surface area contributed by atoms with Crippen molar-refractivity contribution in [3.63, 3.8) is 0 Å². The van der Waals surface area contributed by atoms with Crippen molar-refractivity contribution in [2.24, 2.45) is 0 Å². The van der Waals surface area contributed by atoms with Crippen LogP contribution in [0.4, 0.5) is 4.39 Å². The number of aryl methyl sites for hydroxylation is 1. The molecule has 0 atom stereocenters. The third kappa shape index (κ3) is 2.30. The van der Waals surface area contributed by atoms with Gasteiger partial charge in [0.15, 0.2) is 0 Å². The average molecular weight is 231 g/mol. The number of aromatic carboxylic acids is 1. The molecule has 1 heterocycles. The summed E-state index contributed by atoms with van der Waals surface area (Å²) in [6.45, 7) is 1.86. The van der Waals surface area contributed by atoms with Gasteiger partial charge in [-0.25, -0.2) is 14.2 Å². The highest BCUT2D eigenvalue weighted by Crippen LogP contribution is 2.23. The lowest BCUT2D eigenvalue weighted by Crippen LogP contribution is -1.99. The lowest BCUT2D eigenvalue weighted by molar-refractivity contribution is 0.0690. The largest absolute Gasteiger partial charge is 0.477 e. The maximum atomic E-state index is 13.1. The Hall–Kier alpha value is -2.23. The highest BCUT2D eigenvalue weighted by Gasteiger charge is 2.07. The molecule has 0 aliphatic carbocycles. The minimum absolute atomic E-state index is 0.0252. The molecule has 0 fully saturated rings. The van der Waals surface area contributed by atoms with Crippen LogP contribution in [0.1, 0.15) is 16.1 Å². The molecule has 17 heavy (non-hydrogen) atoms. The number of carboxylic acids is 1. The zero-order chi connectivity index (χ0) is 12.4. The number of aromatic nitrogens is 1. The maximum absolute atomic E-state index is 13.1. The number of carbonyl (C=O) groups is 1. The van der Waals surface area contributed by atoms with Crippen molar-refractivity contribution in [2.45, 2.75) is 6.92 Å². The van der Waals surface area contributed by atoms with Crippen LogP contribution in [0.3, 0.4) is 0 Å². The van der Waals surface area contributed by atoms with E-state index in [4.69, 9.17) is 5.11 Å². The van der Waals surface area contributed by atoms with Crippen LogP contribution < -0.4 is 0 Å². The van der Waals surface area contributed by atoms with E-state index in [1.807, 2.05) is 6.92 Å². The molecule has 0 aliphatic rings. The summed E-state index contributed by atoms with van der Waals surface area (Å²) in [5.41, 5.74) is 2.31. The van der Waals surface area contributed by atoms with Crippen molar-refractivity contribution >= 4 is 5.97 Å². The first-order valence-corrected chi connectivity index (χ1v) is 5.04. The van der Waals surface area contributed by atoms with Gasteiger partial charge in [0, 0.05) is 11.8 Å². The average Bonchev–Trinajstić information content (AvgIpc) is 2.32. The number of pyridine rings is 1. The molecule has 0 saturated heterocycles. The molecule has 1 aromatic carbocycles. The van der Waals surface area contributed by atoms with Crippen LogP contribution in [0.15, 0.2) is 36.5 Å². The Morgan fingerprint density at radius 1 is 1.29 bits per heavy atom. The molecule has 0 saturated carbocycles. The number of hydrogen-bond acceptors (Lipinski definition) is 2. The molecule has 1 N–H and O–H groups in total. The van der Waals surface area contributed by atoms with Gasteiger partial charge in [0.25, 0.3) is 0 Å². The van der Waals surface area contributed by atoms with Gasteiger partial charge in [-0.1, -0.05) is 12.1 Å². The lowest BCUT2D eigenvalue weighted by Gasteiger charge is -2.05. The molecule has 2 rings (SSSR count). The first-order valence-electron chi connectivity index (χ1n) is 5.04. The predicted octanol–water partition coefficient (Wildman–Crippen LogP) is 2.89. The summed E-state index contributed by atoms with van der Waals surface area (Å²) < 4.78 is 13.1. The van der Waals surface area contributed by atoms with E-state index in [1.54, 1.807) is 12.1 Å². The SMILES string of the molecule is Cc1ccc(F)cc1-c1ccc(C(=O)O)nc1. The first kappa shape index (κ1) is 11.3.